The van der Waals surface area contributed by atoms with Crippen molar-refractivity contribution in [3.8, 4) is 0 Å². The number of anilines is 1. The van der Waals surface area contributed by atoms with Crippen molar-refractivity contribution in [2.75, 3.05) is 18.4 Å². The Morgan fingerprint density at radius 2 is 1.77 bits per heavy atom. The number of nitrogens with one attached hydrogen (secondary N) is 1. The predicted molar refractivity (Wildman–Crippen MR) is 107 cm³/mol. The lowest BCUT2D eigenvalue weighted by Crippen LogP contribution is -2.52. The number of aryl methyl sites for hydroxylation is 1. The van der Waals surface area contributed by atoms with Gasteiger partial charge in [0.25, 0.3) is 5.91 Å². The molecule has 2 aromatic rings. The Labute approximate surface area is 159 Å². The number of carbonyl (C=O) groups is 1. The summed E-state index contributed by atoms with van der Waals surface area (Å²) in [6.45, 7) is 3.35. The van der Waals surface area contributed by atoms with Crippen molar-refractivity contribution < 1.29 is 4.79 Å². The molecule has 1 fully saturated rings. The van der Waals surface area contributed by atoms with E-state index in [9.17, 15) is 4.79 Å². The largest absolute Gasteiger partial charge is 0.383 e. The summed E-state index contributed by atoms with van der Waals surface area (Å²) in [6, 6.07) is 15.7. The van der Waals surface area contributed by atoms with Crippen LogP contribution in [-0.4, -0.2) is 35.4 Å². The number of nitrogens with two attached hydrogens (primary N) is 1. The average Bonchev–Trinajstić information content (AvgIpc) is 2.62. The number of aliphatic imine (C=N–C) groups is 1. The van der Waals surface area contributed by atoms with Crippen LogP contribution in [-0.2, 0) is 0 Å². The molecule has 2 heterocycles. The van der Waals surface area contributed by atoms with E-state index in [1.165, 1.54) is 0 Å². The maximum atomic E-state index is 12.7. The van der Waals surface area contributed by atoms with Gasteiger partial charge < -0.3 is 16.0 Å². The van der Waals surface area contributed by atoms with E-state index in [-0.39, 0.29) is 18.3 Å². The first kappa shape index (κ1) is 18.3. The molecular formula is C20H23ClN4O. The molecule has 2 aromatic carbocycles. The van der Waals surface area contributed by atoms with Gasteiger partial charge in [-0.3, -0.25) is 4.79 Å². The van der Waals surface area contributed by atoms with Gasteiger partial charge in [-0.2, -0.15) is 0 Å². The van der Waals surface area contributed by atoms with Gasteiger partial charge in [0.2, 0.25) is 0 Å². The van der Waals surface area contributed by atoms with Gasteiger partial charge in [-0.1, -0.05) is 29.8 Å². The Kier molecular flexibility index (Phi) is 4.92. The van der Waals surface area contributed by atoms with Crippen LogP contribution in [0.1, 0.15) is 34.3 Å². The number of nitrogens with zero attached hydrogens (tertiary/aromatic N) is 2. The molecule has 0 saturated carbocycles. The number of amides is 1. The maximum Gasteiger partial charge on any atom is 0.253 e. The molecule has 0 bridgehead atoms. The fourth-order valence-corrected chi connectivity index (χ4v) is 3.58. The van der Waals surface area contributed by atoms with Crippen LogP contribution >= 0.6 is 12.4 Å². The van der Waals surface area contributed by atoms with Gasteiger partial charge in [0, 0.05) is 42.7 Å². The van der Waals surface area contributed by atoms with Gasteiger partial charge in [0.1, 0.15) is 11.5 Å². The SMILES string of the molecule is Cc1ccc(C(=O)N2CCC3(CC2)N=C(N)c2ccccc2N3)cc1.Cl. The van der Waals surface area contributed by atoms with Crippen molar-refractivity contribution in [3.63, 3.8) is 0 Å². The summed E-state index contributed by atoms with van der Waals surface area (Å²) in [5, 5.41) is 3.54. The van der Waals surface area contributed by atoms with Crippen molar-refractivity contribution in [2.45, 2.75) is 25.4 Å². The monoisotopic (exact) mass is 370 g/mol. The van der Waals surface area contributed by atoms with Crippen LogP contribution in [0.25, 0.3) is 0 Å². The number of piperidine rings is 1. The highest BCUT2D eigenvalue weighted by Crippen LogP contribution is 2.34. The fraction of sp³-hybridized carbons (Fsp3) is 0.300. The second kappa shape index (κ2) is 7.00. The number of likely N-dealkylation sites (tertiary alicyclic amines) is 1. The molecule has 1 saturated heterocycles. The standard InChI is InChI=1S/C20H22N4O.ClH/c1-14-6-8-15(9-7-14)19(25)24-12-10-20(11-13-24)22-17-5-3-2-4-16(17)18(21)23-20;/h2-9,22H,10-13H2,1H3,(H2,21,23);1H. The van der Waals surface area contributed by atoms with Gasteiger partial charge in [-0.15, -0.1) is 12.4 Å². The summed E-state index contributed by atoms with van der Waals surface area (Å²) in [4.78, 5) is 19.3. The molecule has 0 radical (unpaired) electrons. The third-order valence-electron chi connectivity index (χ3n) is 5.08. The highest BCUT2D eigenvalue weighted by atomic mass is 35.5. The van der Waals surface area contributed by atoms with Crippen LogP contribution < -0.4 is 11.1 Å². The number of para-hydroxylation sites is 1. The molecule has 0 aromatic heterocycles. The molecule has 0 unspecified atom stereocenters. The Balaban J connectivity index is 0.00000196. The zero-order valence-corrected chi connectivity index (χ0v) is 15.6. The minimum atomic E-state index is -0.400. The highest BCUT2D eigenvalue weighted by molar-refractivity contribution is 6.04. The van der Waals surface area contributed by atoms with Crippen molar-refractivity contribution in [1.82, 2.24) is 4.90 Å². The summed E-state index contributed by atoms with van der Waals surface area (Å²) in [5.41, 5.74) is 9.65. The van der Waals surface area contributed by atoms with Crippen LogP contribution in [0, 0.1) is 6.92 Å². The van der Waals surface area contributed by atoms with E-state index in [0.29, 0.717) is 18.9 Å². The summed E-state index contributed by atoms with van der Waals surface area (Å²) in [5.74, 6) is 0.663. The zero-order chi connectivity index (χ0) is 17.4. The van der Waals surface area contributed by atoms with Gasteiger partial charge in [0.15, 0.2) is 0 Å². The van der Waals surface area contributed by atoms with E-state index in [4.69, 9.17) is 10.7 Å². The quantitative estimate of drug-likeness (QED) is 0.809. The van der Waals surface area contributed by atoms with Crippen LogP contribution in [0.15, 0.2) is 53.5 Å². The fourth-order valence-electron chi connectivity index (χ4n) is 3.58. The number of hydrogen-bond acceptors (Lipinski definition) is 4. The number of fused-ring (bicyclic) bond motifs is 1. The first-order valence-electron chi connectivity index (χ1n) is 8.65. The van der Waals surface area contributed by atoms with Crippen LogP contribution in [0.4, 0.5) is 5.69 Å². The third-order valence-corrected chi connectivity index (χ3v) is 5.08. The molecule has 136 valence electrons. The van der Waals surface area contributed by atoms with Crippen molar-refractivity contribution >= 4 is 29.8 Å². The van der Waals surface area contributed by atoms with E-state index in [0.717, 1.165) is 35.2 Å². The van der Waals surface area contributed by atoms with Crippen molar-refractivity contribution in [2.24, 2.45) is 10.7 Å². The minimum Gasteiger partial charge on any atom is -0.383 e. The topological polar surface area (TPSA) is 70.7 Å². The lowest BCUT2D eigenvalue weighted by molar-refractivity contribution is 0.0685. The van der Waals surface area contributed by atoms with Crippen LogP contribution in [0.3, 0.4) is 0 Å². The molecule has 6 heteroatoms. The van der Waals surface area contributed by atoms with E-state index >= 15 is 0 Å². The first-order chi connectivity index (χ1) is 12.1. The minimum absolute atomic E-state index is 0. The smallest absolute Gasteiger partial charge is 0.253 e. The number of carbonyl (C=O) groups excluding carboxylic acids is 1. The molecule has 1 spiro atoms. The molecule has 0 aliphatic carbocycles. The Hall–Kier alpha value is -2.53. The number of halogens is 1. The second-order valence-electron chi connectivity index (χ2n) is 6.86. The maximum absolute atomic E-state index is 12.7. The third kappa shape index (κ3) is 3.27. The lowest BCUT2D eigenvalue weighted by Gasteiger charge is -2.42. The molecule has 26 heavy (non-hydrogen) atoms. The Morgan fingerprint density at radius 3 is 2.46 bits per heavy atom. The van der Waals surface area contributed by atoms with E-state index in [1.54, 1.807) is 0 Å². The van der Waals surface area contributed by atoms with Crippen LogP contribution in [0.2, 0.25) is 0 Å². The normalized spacial score (nSPS) is 17.6. The summed E-state index contributed by atoms with van der Waals surface area (Å²) >= 11 is 0. The van der Waals surface area contributed by atoms with Crippen LogP contribution in [0.5, 0.6) is 0 Å². The average molecular weight is 371 g/mol. The first-order valence-corrected chi connectivity index (χ1v) is 8.65. The van der Waals surface area contributed by atoms with Gasteiger partial charge in [-0.05, 0) is 31.2 Å². The number of benzene rings is 2. The second-order valence-corrected chi connectivity index (χ2v) is 6.86. The number of rotatable bonds is 1. The molecule has 0 atom stereocenters. The Bertz CT molecular complexity index is 839. The van der Waals surface area contributed by atoms with Crippen molar-refractivity contribution in [1.29, 1.82) is 0 Å². The molecule has 3 N–H and O–H groups in total. The van der Waals surface area contributed by atoms with Gasteiger partial charge in [0.05, 0.1) is 0 Å². The molecule has 2 aliphatic heterocycles. The van der Waals surface area contributed by atoms with Gasteiger partial charge >= 0.3 is 0 Å². The lowest BCUT2D eigenvalue weighted by atomic mass is 9.93. The van der Waals surface area contributed by atoms with E-state index in [1.807, 2.05) is 60.4 Å². The summed E-state index contributed by atoms with van der Waals surface area (Å²) in [6.07, 6.45) is 1.50. The molecule has 5 nitrogen and oxygen atoms in total. The van der Waals surface area contributed by atoms with Crippen molar-refractivity contribution in [3.05, 3.63) is 65.2 Å². The number of hydrogen-bond donors (Lipinski definition) is 2. The molecular weight excluding hydrogens is 348 g/mol. The zero-order valence-electron chi connectivity index (χ0n) is 14.7. The summed E-state index contributed by atoms with van der Waals surface area (Å²) < 4.78 is 0. The van der Waals surface area contributed by atoms with E-state index < -0.39 is 5.66 Å². The number of amidine groups is 1. The predicted octanol–water partition coefficient (Wildman–Crippen LogP) is 3.18. The summed E-state index contributed by atoms with van der Waals surface area (Å²) in [7, 11) is 0. The molecule has 2 aliphatic rings. The Morgan fingerprint density at radius 1 is 1.12 bits per heavy atom. The molecule has 4 rings (SSSR count). The molecule has 1 amide bonds. The van der Waals surface area contributed by atoms with E-state index in [2.05, 4.69) is 5.32 Å². The highest BCUT2D eigenvalue weighted by Gasteiger charge is 2.38. The van der Waals surface area contributed by atoms with Gasteiger partial charge in [-0.25, -0.2) is 4.99 Å².